The summed E-state index contributed by atoms with van der Waals surface area (Å²) >= 11 is 0. The number of aromatic nitrogens is 2. The quantitative estimate of drug-likeness (QED) is 0.200. The first-order chi connectivity index (χ1) is 23.3. The molecule has 0 amide bonds. The summed E-state index contributed by atoms with van der Waals surface area (Å²) in [6.07, 6.45) is 1.88. The van der Waals surface area contributed by atoms with Crippen LogP contribution in [-0.2, 0) is 5.41 Å². The maximum Gasteiger partial charge on any atom is 0.144 e. The number of aromatic hydroxyl groups is 1. The Labute approximate surface area is 277 Å². The van der Waals surface area contributed by atoms with Gasteiger partial charge in [-0.1, -0.05) is 93.6 Å². The van der Waals surface area contributed by atoms with Gasteiger partial charge in [-0.3, -0.25) is 4.98 Å². The average molecular weight is 621 g/mol. The molecule has 0 saturated heterocycles. The maximum atomic E-state index is 11.7. The Morgan fingerprint density at radius 3 is 2.04 bits per heavy atom. The lowest BCUT2D eigenvalue weighted by molar-refractivity contribution is 0.482. The summed E-state index contributed by atoms with van der Waals surface area (Å²) in [6.45, 7) is 6.69. The summed E-state index contributed by atoms with van der Waals surface area (Å²) in [6, 6.07) is 43.6. The van der Waals surface area contributed by atoms with E-state index in [9.17, 15) is 5.11 Å². The molecule has 48 heavy (non-hydrogen) atoms. The van der Waals surface area contributed by atoms with Gasteiger partial charge in [-0.25, -0.2) is 4.98 Å². The van der Waals surface area contributed by atoms with Crippen molar-refractivity contribution in [1.82, 2.24) is 9.97 Å². The summed E-state index contributed by atoms with van der Waals surface area (Å²) in [4.78, 5) is 10.2. The maximum absolute atomic E-state index is 11.7. The van der Waals surface area contributed by atoms with E-state index in [1.807, 2.05) is 48.7 Å². The fraction of sp³-hybridized carbons (Fsp3) is 0.0909. The Balaban J connectivity index is 1.31. The molecule has 9 rings (SSSR count). The molecule has 0 aliphatic heterocycles. The zero-order valence-electron chi connectivity index (χ0n) is 27.0. The van der Waals surface area contributed by atoms with Gasteiger partial charge >= 0.3 is 0 Å². The first-order valence-corrected chi connectivity index (χ1v) is 16.3. The predicted molar refractivity (Wildman–Crippen MR) is 199 cm³/mol. The van der Waals surface area contributed by atoms with Crippen molar-refractivity contribution >= 4 is 54.4 Å². The van der Waals surface area contributed by atoms with Crippen LogP contribution in [0.25, 0.3) is 88.0 Å². The zero-order chi connectivity index (χ0) is 32.6. The average Bonchev–Trinajstić information content (AvgIpc) is 3.49. The van der Waals surface area contributed by atoms with Gasteiger partial charge in [0.2, 0.25) is 0 Å². The number of nitrogens with zero attached hydrogens (tertiary/aromatic N) is 2. The van der Waals surface area contributed by atoms with E-state index in [4.69, 9.17) is 14.4 Å². The Kier molecular flexibility index (Phi) is 6.18. The molecular weight excluding hydrogens is 588 g/mol. The minimum atomic E-state index is -0.104. The number of benzene rings is 6. The van der Waals surface area contributed by atoms with Gasteiger partial charge in [-0.05, 0) is 87.5 Å². The van der Waals surface area contributed by atoms with Gasteiger partial charge in [0.25, 0.3) is 0 Å². The van der Waals surface area contributed by atoms with Crippen LogP contribution in [0, 0.1) is 0 Å². The van der Waals surface area contributed by atoms with E-state index < -0.39 is 0 Å². The molecule has 0 atom stereocenters. The van der Waals surface area contributed by atoms with Crippen molar-refractivity contribution in [2.75, 3.05) is 0 Å². The third-order valence-electron chi connectivity index (χ3n) is 9.52. The molecule has 0 radical (unpaired) electrons. The third kappa shape index (κ3) is 4.44. The molecule has 3 heterocycles. The number of fused-ring (bicyclic) bond motifs is 10. The van der Waals surface area contributed by atoms with E-state index in [1.54, 1.807) is 0 Å². The molecule has 0 fully saturated rings. The molecule has 0 aliphatic rings. The highest BCUT2D eigenvalue weighted by Gasteiger charge is 2.22. The predicted octanol–water partition coefficient (Wildman–Crippen LogP) is 11.8. The SMILES string of the molecule is CC(C)(C)c1cc(-c2cc(-c3ccccc3)ccn2)cc(-c2ccc3c4ccccc4c4c5oc6ccccc6c5cc(O)c4c3n2)c1. The van der Waals surface area contributed by atoms with Crippen LogP contribution >= 0.6 is 0 Å². The lowest BCUT2D eigenvalue weighted by Gasteiger charge is -2.21. The zero-order valence-corrected chi connectivity index (χ0v) is 27.0. The summed E-state index contributed by atoms with van der Waals surface area (Å²) in [7, 11) is 0. The molecule has 0 aliphatic carbocycles. The molecule has 0 bridgehead atoms. The van der Waals surface area contributed by atoms with Crippen LogP contribution in [0.15, 0.2) is 138 Å². The second-order valence-electron chi connectivity index (χ2n) is 13.6. The fourth-order valence-electron chi connectivity index (χ4n) is 7.06. The standard InChI is InChI=1S/C44H32N2O2/c1-44(2,3)30-22-28(21-29(23-30)37-24-27(19-20-45-37)26-11-5-4-6-12-26)36-18-17-34-31-13-7-8-15-33(31)40-41(42(34)46-36)38(47)25-35-32-14-9-10-16-39(32)48-43(35)40/h4-25,47H,1-3H3. The Morgan fingerprint density at radius 1 is 0.542 bits per heavy atom. The van der Waals surface area contributed by atoms with Gasteiger partial charge in [0.1, 0.15) is 16.9 Å². The van der Waals surface area contributed by atoms with Gasteiger partial charge in [-0.2, -0.15) is 0 Å². The van der Waals surface area contributed by atoms with Crippen molar-refractivity contribution in [2.45, 2.75) is 26.2 Å². The van der Waals surface area contributed by atoms with Crippen molar-refractivity contribution in [3.8, 4) is 39.4 Å². The fourth-order valence-corrected chi connectivity index (χ4v) is 7.06. The second kappa shape index (κ2) is 10.5. The minimum Gasteiger partial charge on any atom is -0.507 e. The minimum absolute atomic E-state index is 0.104. The highest BCUT2D eigenvalue weighted by molar-refractivity contribution is 6.33. The van der Waals surface area contributed by atoms with Crippen molar-refractivity contribution in [2.24, 2.45) is 0 Å². The topological polar surface area (TPSA) is 59.2 Å². The van der Waals surface area contributed by atoms with Gasteiger partial charge in [0.15, 0.2) is 0 Å². The number of hydrogen-bond acceptors (Lipinski definition) is 4. The lowest BCUT2D eigenvalue weighted by atomic mass is 9.84. The van der Waals surface area contributed by atoms with Crippen LogP contribution in [0.3, 0.4) is 0 Å². The van der Waals surface area contributed by atoms with Crippen LogP contribution in [-0.4, -0.2) is 15.1 Å². The number of furan rings is 1. The molecular formula is C44H32N2O2. The van der Waals surface area contributed by atoms with Crippen molar-refractivity contribution in [3.63, 3.8) is 0 Å². The van der Waals surface area contributed by atoms with Crippen molar-refractivity contribution in [1.29, 1.82) is 0 Å². The van der Waals surface area contributed by atoms with E-state index in [-0.39, 0.29) is 11.2 Å². The van der Waals surface area contributed by atoms with Gasteiger partial charge < -0.3 is 9.52 Å². The molecule has 1 N–H and O–H groups in total. The molecule has 6 aromatic carbocycles. The number of rotatable bonds is 3. The summed E-state index contributed by atoms with van der Waals surface area (Å²) in [5.41, 5.74) is 9.43. The molecule has 4 nitrogen and oxygen atoms in total. The normalized spacial score (nSPS) is 12.1. The van der Waals surface area contributed by atoms with E-state index in [2.05, 4.69) is 106 Å². The molecule has 0 spiro atoms. The van der Waals surface area contributed by atoms with Crippen LogP contribution < -0.4 is 0 Å². The number of para-hydroxylation sites is 1. The Hall–Kier alpha value is -6.00. The monoisotopic (exact) mass is 620 g/mol. The molecule has 4 heteroatoms. The van der Waals surface area contributed by atoms with Crippen LogP contribution in [0.2, 0.25) is 0 Å². The van der Waals surface area contributed by atoms with Crippen LogP contribution in [0.4, 0.5) is 0 Å². The van der Waals surface area contributed by atoms with Crippen molar-refractivity contribution < 1.29 is 9.52 Å². The molecule has 9 aromatic rings. The second-order valence-corrected chi connectivity index (χ2v) is 13.6. The Bertz CT molecular complexity index is 2720. The highest BCUT2D eigenvalue weighted by Crippen LogP contribution is 2.46. The first-order valence-electron chi connectivity index (χ1n) is 16.3. The van der Waals surface area contributed by atoms with Gasteiger partial charge in [0, 0.05) is 38.9 Å². The molecule has 230 valence electrons. The van der Waals surface area contributed by atoms with Gasteiger partial charge in [0.05, 0.1) is 22.3 Å². The summed E-state index contributed by atoms with van der Waals surface area (Å²) in [5, 5.41) is 18.3. The number of phenols is 1. The smallest absolute Gasteiger partial charge is 0.144 e. The molecule has 0 saturated carbocycles. The molecule has 0 unspecified atom stereocenters. The Morgan fingerprint density at radius 2 is 1.25 bits per heavy atom. The highest BCUT2D eigenvalue weighted by atomic mass is 16.3. The van der Waals surface area contributed by atoms with E-state index in [0.29, 0.717) is 5.39 Å². The number of hydrogen-bond donors (Lipinski definition) is 1. The van der Waals surface area contributed by atoms with Crippen molar-refractivity contribution in [3.05, 3.63) is 139 Å². The van der Waals surface area contributed by atoms with E-state index in [1.165, 1.54) is 5.56 Å². The lowest BCUT2D eigenvalue weighted by Crippen LogP contribution is -2.11. The van der Waals surface area contributed by atoms with E-state index >= 15 is 0 Å². The number of pyridine rings is 2. The van der Waals surface area contributed by atoms with Gasteiger partial charge in [-0.15, -0.1) is 0 Å². The van der Waals surface area contributed by atoms with E-state index in [0.717, 1.165) is 82.6 Å². The van der Waals surface area contributed by atoms with Crippen LogP contribution in [0.5, 0.6) is 5.75 Å². The largest absolute Gasteiger partial charge is 0.507 e. The third-order valence-corrected chi connectivity index (χ3v) is 9.52. The van der Waals surface area contributed by atoms with Crippen LogP contribution in [0.1, 0.15) is 26.3 Å². The summed E-state index contributed by atoms with van der Waals surface area (Å²) < 4.78 is 6.51. The number of phenolic OH excluding ortho intramolecular Hbond substituents is 1. The first kappa shape index (κ1) is 28.2. The summed E-state index contributed by atoms with van der Waals surface area (Å²) in [5.74, 6) is 0.190. The molecule has 3 aromatic heterocycles.